The Morgan fingerprint density at radius 1 is 1.58 bits per heavy atom. The molecule has 0 heterocycles. The van der Waals surface area contributed by atoms with E-state index in [2.05, 4.69) is 4.99 Å². The molecule has 0 saturated carbocycles. The zero-order valence-electron chi connectivity index (χ0n) is 8.04. The summed E-state index contributed by atoms with van der Waals surface area (Å²) in [6.45, 7) is 6.49. The number of amidine groups is 1. The number of hydrogen-bond acceptors (Lipinski definition) is 2. The molecule has 0 aromatic carbocycles. The minimum absolute atomic E-state index is 0.292. The molecule has 1 atom stereocenters. The largest absolute Gasteiger partial charge is 0.387 e. The first-order valence-electron chi connectivity index (χ1n) is 4.22. The molecule has 0 aromatic rings. The van der Waals surface area contributed by atoms with Crippen LogP contribution in [0.2, 0.25) is 0 Å². The highest BCUT2D eigenvalue weighted by molar-refractivity contribution is 7.84. The van der Waals surface area contributed by atoms with Gasteiger partial charge in [0, 0.05) is 28.2 Å². The molecule has 12 heavy (non-hydrogen) atoms. The fraction of sp³-hybridized carbons (Fsp3) is 0.875. The summed E-state index contributed by atoms with van der Waals surface area (Å²) in [4.78, 5) is 4.11. The van der Waals surface area contributed by atoms with E-state index in [-0.39, 0.29) is 0 Å². The highest BCUT2D eigenvalue weighted by atomic mass is 32.2. The van der Waals surface area contributed by atoms with Gasteiger partial charge in [0.15, 0.2) is 0 Å². The Balaban J connectivity index is 3.67. The monoisotopic (exact) mass is 190 g/mol. The number of nitrogens with zero attached hydrogens (tertiary/aromatic N) is 1. The third-order valence-electron chi connectivity index (χ3n) is 1.53. The standard InChI is InChI=1S/C8H18N2OS/c1-4-12(11)6-5-10-8(9)7(2)3/h7H,4-6H2,1-3H3,(H2,9,10). The van der Waals surface area contributed by atoms with Gasteiger partial charge in [-0.25, -0.2) is 0 Å². The van der Waals surface area contributed by atoms with Crippen LogP contribution in [0.15, 0.2) is 4.99 Å². The van der Waals surface area contributed by atoms with Gasteiger partial charge in [-0.3, -0.25) is 9.20 Å². The molecule has 0 saturated heterocycles. The lowest BCUT2D eigenvalue weighted by atomic mass is 10.2. The van der Waals surface area contributed by atoms with E-state index in [1.807, 2.05) is 20.8 Å². The lowest BCUT2D eigenvalue weighted by molar-refractivity contribution is 0.683. The Bertz CT molecular complexity index is 178. The molecule has 0 radical (unpaired) electrons. The van der Waals surface area contributed by atoms with E-state index >= 15 is 0 Å². The zero-order valence-corrected chi connectivity index (χ0v) is 8.86. The van der Waals surface area contributed by atoms with E-state index in [0.717, 1.165) is 0 Å². The van der Waals surface area contributed by atoms with E-state index in [9.17, 15) is 4.21 Å². The van der Waals surface area contributed by atoms with Crippen molar-refractivity contribution in [2.24, 2.45) is 16.6 Å². The molecule has 0 aliphatic rings. The summed E-state index contributed by atoms with van der Waals surface area (Å²) in [6, 6.07) is 0. The Hall–Kier alpha value is -0.380. The van der Waals surface area contributed by atoms with Crippen molar-refractivity contribution in [2.75, 3.05) is 18.1 Å². The molecule has 0 bridgehead atoms. The SMILES string of the molecule is CCS(=O)CCN=C(N)C(C)C. The number of rotatable bonds is 5. The molecule has 1 unspecified atom stereocenters. The molecular weight excluding hydrogens is 172 g/mol. The van der Waals surface area contributed by atoms with Crippen LogP contribution in [-0.2, 0) is 10.8 Å². The number of hydrogen-bond donors (Lipinski definition) is 1. The number of nitrogens with two attached hydrogens (primary N) is 1. The normalized spacial score (nSPS) is 15.2. The maximum atomic E-state index is 11.0. The first-order chi connectivity index (χ1) is 5.57. The van der Waals surface area contributed by atoms with E-state index in [1.54, 1.807) is 0 Å². The molecule has 72 valence electrons. The van der Waals surface area contributed by atoms with E-state index < -0.39 is 10.8 Å². The highest BCUT2D eigenvalue weighted by Crippen LogP contribution is 1.91. The van der Waals surface area contributed by atoms with Crippen molar-refractivity contribution in [1.29, 1.82) is 0 Å². The van der Waals surface area contributed by atoms with Crippen molar-refractivity contribution in [1.82, 2.24) is 0 Å². The summed E-state index contributed by atoms with van der Waals surface area (Å²) in [6.07, 6.45) is 0. The van der Waals surface area contributed by atoms with Gasteiger partial charge in [0.2, 0.25) is 0 Å². The molecule has 0 aliphatic carbocycles. The van der Waals surface area contributed by atoms with E-state index in [0.29, 0.717) is 29.8 Å². The molecule has 0 amide bonds. The topological polar surface area (TPSA) is 55.5 Å². The van der Waals surface area contributed by atoms with Crippen molar-refractivity contribution in [3.8, 4) is 0 Å². The lowest BCUT2D eigenvalue weighted by Crippen LogP contribution is -2.20. The van der Waals surface area contributed by atoms with Crippen molar-refractivity contribution < 1.29 is 4.21 Å². The Morgan fingerprint density at radius 3 is 2.58 bits per heavy atom. The summed E-state index contributed by atoms with van der Waals surface area (Å²) < 4.78 is 11.0. The van der Waals surface area contributed by atoms with Crippen LogP contribution in [-0.4, -0.2) is 28.1 Å². The van der Waals surface area contributed by atoms with Crippen molar-refractivity contribution >= 4 is 16.6 Å². The Labute approximate surface area is 76.9 Å². The average molecular weight is 190 g/mol. The van der Waals surface area contributed by atoms with Gasteiger partial charge in [0.25, 0.3) is 0 Å². The van der Waals surface area contributed by atoms with Gasteiger partial charge in [0.1, 0.15) is 0 Å². The van der Waals surface area contributed by atoms with E-state index in [4.69, 9.17) is 5.73 Å². The van der Waals surface area contributed by atoms with Gasteiger partial charge in [-0.1, -0.05) is 20.8 Å². The van der Waals surface area contributed by atoms with Crippen LogP contribution in [0.1, 0.15) is 20.8 Å². The third-order valence-corrected chi connectivity index (χ3v) is 2.81. The quantitative estimate of drug-likeness (QED) is 0.514. The van der Waals surface area contributed by atoms with Gasteiger partial charge >= 0.3 is 0 Å². The molecule has 0 rings (SSSR count). The molecule has 2 N–H and O–H groups in total. The average Bonchev–Trinajstić information content (AvgIpc) is 2.03. The summed E-state index contributed by atoms with van der Waals surface area (Å²) in [5.41, 5.74) is 5.60. The molecule has 0 aliphatic heterocycles. The first kappa shape index (κ1) is 11.6. The Kier molecular flexibility index (Phi) is 5.98. The molecule has 0 fully saturated rings. The predicted octanol–water partition coefficient (Wildman–Crippen LogP) is 0.768. The molecule has 0 aromatic heterocycles. The Morgan fingerprint density at radius 2 is 2.17 bits per heavy atom. The fourth-order valence-corrected chi connectivity index (χ4v) is 1.19. The lowest BCUT2D eigenvalue weighted by Gasteiger charge is -2.02. The fourth-order valence-electron chi connectivity index (χ4n) is 0.603. The van der Waals surface area contributed by atoms with Gasteiger partial charge < -0.3 is 5.73 Å². The van der Waals surface area contributed by atoms with Gasteiger partial charge in [-0.05, 0) is 0 Å². The molecular formula is C8H18N2OS. The van der Waals surface area contributed by atoms with Crippen LogP contribution < -0.4 is 5.73 Å². The minimum Gasteiger partial charge on any atom is -0.387 e. The maximum Gasteiger partial charge on any atom is 0.0963 e. The van der Waals surface area contributed by atoms with Crippen LogP contribution in [0, 0.1) is 5.92 Å². The summed E-state index contributed by atoms with van der Waals surface area (Å²) in [5, 5.41) is 0. The summed E-state index contributed by atoms with van der Waals surface area (Å²) in [7, 11) is -0.719. The van der Waals surface area contributed by atoms with Gasteiger partial charge in [0.05, 0.1) is 12.4 Å². The second-order valence-electron chi connectivity index (χ2n) is 2.89. The van der Waals surface area contributed by atoms with Gasteiger partial charge in [-0.15, -0.1) is 0 Å². The smallest absolute Gasteiger partial charge is 0.0963 e. The molecule has 4 heteroatoms. The summed E-state index contributed by atoms with van der Waals surface area (Å²) >= 11 is 0. The third kappa shape index (κ3) is 5.29. The van der Waals surface area contributed by atoms with Crippen LogP contribution in [0.25, 0.3) is 0 Å². The first-order valence-corrected chi connectivity index (χ1v) is 5.71. The van der Waals surface area contributed by atoms with Crippen LogP contribution >= 0.6 is 0 Å². The summed E-state index contributed by atoms with van der Waals surface area (Å²) in [5.74, 6) is 2.28. The van der Waals surface area contributed by atoms with Crippen molar-refractivity contribution in [3.05, 3.63) is 0 Å². The van der Waals surface area contributed by atoms with Crippen LogP contribution in [0.3, 0.4) is 0 Å². The molecule has 3 nitrogen and oxygen atoms in total. The second-order valence-corrected chi connectivity index (χ2v) is 4.76. The minimum atomic E-state index is -0.719. The van der Waals surface area contributed by atoms with Crippen molar-refractivity contribution in [2.45, 2.75) is 20.8 Å². The van der Waals surface area contributed by atoms with Crippen LogP contribution in [0.5, 0.6) is 0 Å². The molecule has 0 spiro atoms. The van der Waals surface area contributed by atoms with Crippen molar-refractivity contribution in [3.63, 3.8) is 0 Å². The second kappa shape index (κ2) is 6.17. The van der Waals surface area contributed by atoms with Gasteiger partial charge in [-0.2, -0.15) is 0 Å². The predicted molar refractivity (Wildman–Crippen MR) is 54.9 cm³/mol. The zero-order chi connectivity index (χ0) is 9.56. The highest BCUT2D eigenvalue weighted by Gasteiger charge is 1.98. The maximum absolute atomic E-state index is 11.0. The number of aliphatic imine (C=N–C) groups is 1. The van der Waals surface area contributed by atoms with Crippen LogP contribution in [0.4, 0.5) is 0 Å². The van der Waals surface area contributed by atoms with E-state index in [1.165, 1.54) is 0 Å².